The Bertz CT molecular complexity index is 427. The third kappa shape index (κ3) is 2.73. The number of benzene rings is 1. The molecule has 0 aliphatic carbocycles. The van der Waals surface area contributed by atoms with Gasteiger partial charge in [-0.1, -0.05) is 0 Å². The molecule has 5 nitrogen and oxygen atoms in total. The molecule has 1 aliphatic rings. The summed E-state index contributed by atoms with van der Waals surface area (Å²) >= 11 is 0. The van der Waals surface area contributed by atoms with E-state index in [9.17, 15) is 4.79 Å². The normalized spacial score (nSPS) is 15.5. The average molecular weight is 248 g/mol. The number of carbonyl (C=O) groups excluding carboxylic acids is 1. The molecule has 0 spiro atoms. The zero-order valence-corrected chi connectivity index (χ0v) is 10.7. The first-order valence-corrected chi connectivity index (χ1v) is 6.35. The maximum absolute atomic E-state index is 11.7. The Morgan fingerprint density at radius 1 is 1.44 bits per heavy atom. The number of piperazine rings is 1. The average Bonchev–Trinajstić information content (AvgIpc) is 2.40. The van der Waals surface area contributed by atoms with Crippen LogP contribution in [-0.2, 0) is 0 Å². The summed E-state index contributed by atoms with van der Waals surface area (Å²) in [6.45, 7) is 6.36. The van der Waals surface area contributed by atoms with Crippen LogP contribution < -0.4 is 21.3 Å². The van der Waals surface area contributed by atoms with Gasteiger partial charge < -0.3 is 21.3 Å². The van der Waals surface area contributed by atoms with Crippen LogP contribution in [0, 0.1) is 0 Å². The largest absolute Gasteiger partial charge is 0.397 e. The molecule has 5 heteroatoms. The molecular weight excluding hydrogens is 228 g/mol. The van der Waals surface area contributed by atoms with Crippen LogP contribution in [0.5, 0.6) is 0 Å². The summed E-state index contributed by atoms with van der Waals surface area (Å²) in [4.78, 5) is 13.9. The van der Waals surface area contributed by atoms with Gasteiger partial charge in [0.1, 0.15) is 0 Å². The summed E-state index contributed by atoms with van der Waals surface area (Å²) in [5.74, 6) is -0.0731. The molecular formula is C13H20N4O. The van der Waals surface area contributed by atoms with Crippen LogP contribution in [-0.4, -0.2) is 38.6 Å². The number of carbonyl (C=O) groups is 1. The Morgan fingerprint density at radius 2 is 2.17 bits per heavy atom. The molecule has 0 unspecified atom stereocenters. The molecule has 1 fully saturated rings. The van der Waals surface area contributed by atoms with Gasteiger partial charge in [0.25, 0.3) is 5.91 Å². The molecule has 1 aromatic rings. The molecule has 1 heterocycles. The second kappa shape index (κ2) is 5.73. The van der Waals surface area contributed by atoms with Crippen molar-refractivity contribution >= 4 is 17.3 Å². The monoisotopic (exact) mass is 248 g/mol. The summed E-state index contributed by atoms with van der Waals surface area (Å²) in [6.07, 6.45) is 0. The van der Waals surface area contributed by atoms with Crippen LogP contribution in [0.1, 0.15) is 17.3 Å². The van der Waals surface area contributed by atoms with Crippen molar-refractivity contribution in [1.82, 2.24) is 10.6 Å². The van der Waals surface area contributed by atoms with E-state index in [1.54, 1.807) is 6.07 Å². The second-order valence-electron chi connectivity index (χ2n) is 4.37. The molecule has 18 heavy (non-hydrogen) atoms. The number of amides is 1. The lowest BCUT2D eigenvalue weighted by Gasteiger charge is -2.30. The number of nitrogens with two attached hydrogens (primary N) is 1. The van der Waals surface area contributed by atoms with E-state index in [4.69, 9.17) is 5.73 Å². The van der Waals surface area contributed by atoms with E-state index >= 15 is 0 Å². The smallest absolute Gasteiger partial charge is 0.251 e. The quantitative estimate of drug-likeness (QED) is 0.678. The van der Waals surface area contributed by atoms with E-state index in [0.717, 1.165) is 31.9 Å². The van der Waals surface area contributed by atoms with Gasteiger partial charge >= 0.3 is 0 Å². The van der Waals surface area contributed by atoms with Gasteiger partial charge in [-0.3, -0.25) is 4.79 Å². The second-order valence-corrected chi connectivity index (χ2v) is 4.37. The Balaban J connectivity index is 2.16. The Kier molecular flexibility index (Phi) is 4.04. The highest BCUT2D eigenvalue weighted by molar-refractivity contribution is 5.96. The number of nitrogens with one attached hydrogen (secondary N) is 2. The molecule has 0 aromatic heterocycles. The zero-order chi connectivity index (χ0) is 13.0. The zero-order valence-electron chi connectivity index (χ0n) is 10.7. The number of hydrogen-bond donors (Lipinski definition) is 3. The minimum absolute atomic E-state index is 0.0731. The highest BCUT2D eigenvalue weighted by Gasteiger charge is 2.14. The van der Waals surface area contributed by atoms with Gasteiger partial charge in [-0.2, -0.15) is 0 Å². The molecule has 0 bridgehead atoms. The fraction of sp³-hybridized carbons (Fsp3) is 0.462. The molecule has 0 saturated carbocycles. The van der Waals surface area contributed by atoms with E-state index < -0.39 is 0 Å². The van der Waals surface area contributed by atoms with Crippen molar-refractivity contribution in [3.05, 3.63) is 23.8 Å². The van der Waals surface area contributed by atoms with Crippen LogP contribution in [0.2, 0.25) is 0 Å². The van der Waals surface area contributed by atoms with E-state index in [1.165, 1.54) is 0 Å². The van der Waals surface area contributed by atoms with Crippen LogP contribution in [0.25, 0.3) is 0 Å². The molecule has 2 rings (SSSR count). The molecule has 0 radical (unpaired) electrons. The van der Waals surface area contributed by atoms with Gasteiger partial charge in [-0.25, -0.2) is 0 Å². The Hall–Kier alpha value is -1.75. The topological polar surface area (TPSA) is 70.4 Å². The summed E-state index contributed by atoms with van der Waals surface area (Å²) in [5, 5.41) is 6.07. The summed E-state index contributed by atoms with van der Waals surface area (Å²) < 4.78 is 0. The van der Waals surface area contributed by atoms with Crippen LogP contribution in [0.15, 0.2) is 18.2 Å². The van der Waals surface area contributed by atoms with Gasteiger partial charge in [0.05, 0.1) is 11.4 Å². The maximum atomic E-state index is 11.7. The fourth-order valence-corrected chi connectivity index (χ4v) is 2.15. The van der Waals surface area contributed by atoms with E-state index in [-0.39, 0.29) is 5.91 Å². The van der Waals surface area contributed by atoms with Crippen molar-refractivity contribution in [2.75, 3.05) is 43.4 Å². The SMILES string of the molecule is CCNC(=O)c1ccc(N2CCNCC2)c(N)c1. The fourth-order valence-electron chi connectivity index (χ4n) is 2.15. The first kappa shape index (κ1) is 12.7. The first-order chi connectivity index (χ1) is 8.72. The molecule has 1 aromatic carbocycles. The van der Waals surface area contributed by atoms with Crippen molar-refractivity contribution in [3.8, 4) is 0 Å². The summed E-state index contributed by atoms with van der Waals surface area (Å²) in [5.41, 5.74) is 8.35. The predicted octanol–water partition coefficient (Wildman–Crippen LogP) is 0.428. The Labute approximate surface area is 107 Å². The predicted molar refractivity (Wildman–Crippen MR) is 73.9 cm³/mol. The minimum atomic E-state index is -0.0731. The molecule has 1 saturated heterocycles. The van der Waals surface area contributed by atoms with E-state index in [2.05, 4.69) is 15.5 Å². The van der Waals surface area contributed by atoms with Crippen LogP contribution in [0.4, 0.5) is 11.4 Å². The van der Waals surface area contributed by atoms with E-state index in [0.29, 0.717) is 17.8 Å². The molecule has 0 atom stereocenters. The summed E-state index contributed by atoms with van der Waals surface area (Å²) in [6, 6.07) is 5.52. The number of nitrogens with zero attached hydrogens (tertiary/aromatic N) is 1. The lowest BCUT2D eigenvalue weighted by Crippen LogP contribution is -2.43. The standard InChI is InChI=1S/C13H20N4O/c1-2-16-13(18)10-3-4-12(11(14)9-10)17-7-5-15-6-8-17/h3-4,9,15H,2,5-8,14H2,1H3,(H,16,18). The third-order valence-corrected chi connectivity index (χ3v) is 3.08. The minimum Gasteiger partial charge on any atom is -0.397 e. The van der Waals surface area contributed by atoms with Crippen molar-refractivity contribution in [3.63, 3.8) is 0 Å². The van der Waals surface area contributed by atoms with Gasteiger partial charge in [0, 0.05) is 38.3 Å². The van der Waals surface area contributed by atoms with Crippen molar-refractivity contribution in [1.29, 1.82) is 0 Å². The van der Waals surface area contributed by atoms with Crippen LogP contribution in [0.3, 0.4) is 0 Å². The maximum Gasteiger partial charge on any atom is 0.251 e. The van der Waals surface area contributed by atoms with E-state index in [1.807, 2.05) is 19.1 Å². The third-order valence-electron chi connectivity index (χ3n) is 3.08. The number of hydrogen-bond acceptors (Lipinski definition) is 4. The molecule has 98 valence electrons. The number of nitrogen functional groups attached to an aromatic ring is 1. The van der Waals surface area contributed by atoms with Crippen molar-refractivity contribution < 1.29 is 4.79 Å². The van der Waals surface area contributed by atoms with Gasteiger partial charge in [-0.15, -0.1) is 0 Å². The summed E-state index contributed by atoms with van der Waals surface area (Å²) in [7, 11) is 0. The van der Waals surface area contributed by atoms with Gasteiger partial charge in [0.15, 0.2) is 0 Å². The van der Waals surface area contributed by atoms with Crippen molar-refractivity contribution in [2.24, 2.45) is 0 Å². The van der Waals surface area contributed by atoms with Crippen molar-refractivity contribution in [2.45, 2.75) is 6.92 Å². The highest BCUT2D eigenvalue weighted by Crippen LogP contribution is 2.24. The van der Waals surface area contributed by atoms with Crippen LogP contribution >= 0.6 is 0 Å². The molecule has 1 amide bonds. The lowest BCUT2D eigenvalue weighted by atomic mass is 10.1. The first-order valence-electron chi connectivity index (χ1n) is 6.35. The highest BCUT2D eigenvalue weighted by atomic mass is 16.1. The lowest BCUT2D eigenvalue weighted by molar-refractivity contribution is 0.0956. The van der Waals surface area contributed by atoms with Gasteiger partial charge in [-0.05, 0) is 25.1 Å². The molecule has 4 N–H and O–H groups in total. The Morgan fingerprint density at radius 3 is 2.78 bits per heavy atom. The van der Waals surface area contributed by atoms with Gasteiger partial charge in [0.2, 0.25) is 0 Å². The number of anilines is 2. The number of rotatable bonds is 3. The molecule has 1 aliphatic heterocycles.